The zero-order valence-corrected chi connectivity index (χ0v) is 16.0. The molecule has 2 aromatic heterocycles. The van der Waals surface area contributed by atoms with E-state index in [1.54, 1.807) is 19.2 Å². The van der Waals surface area contributed by atoms with Crippen molar-refractivity contribution in [1.29, 1.82) is 0 Å². The third kappa shape index (κ3) is 3.66. The second kappa shape index (κ2) is 7.79. The molecule has 3 rings (SSSR count). The van der Waals surface area contributed by atoms with Gasteiger partial charge in [-0.05, 0) is 24.1 Å². The first-order valence-corrected chi connectivity index (χ1v) is 9.03. The summed E-state index contributed by atoms with van der Waals surface area (Å²) in [5, 5.41) is 0.604. The van der Waals surface area contributed by atoms with Gasteiger partial charge in [0.1, 0.15) is 11.8 Å². The number of hydrogen-bond acceptors (Lipinski definition) is 5. The Morgan fingerprint density at radius 2 is 1.96 bits per heavy atom. The molecule has 0 saturated carbocycles. The summed E-state index contributed by atoms with van der Waals surface area (Å²) in [4.78, 5) is 35.6. The molecule has 0 spiro atoms. The molecule has 9 heteroatoms. The van der Waals surface area contributed by atoms with Crippen LogP contribution < -0.4 is 11.4 Å². The van der Waals surface area contributed by atoms with Crippen LogP contribution in [-0.4, -0.2) is 43.6 Å². The molecule has 0 bridgehead atoms. The number of carbonyl (C=O) groups excluding carboxylic acids is 1. The highest BCUT2D eigenvalue weighted by Crippen LogP contribution is 2.18. The SMILES string of the molecule is CCCCN(C)C(=O)n1c(=O)n(Cc2ccc(Cl)cc2)c2ncnc(N)c21. The number of benzene rings is 1. The molecule has 142 valence electrons. The van der Waals surface area contributed by atoms with Gasteiger partial charge in [-0.1, -0.05) is 37.1 Å². The quantitative estimate of drug-likeness (QED) is 0.724. The summed E-state index contributed by atoms with van der Waals surface area (Å²) in [6.07, 6.45) is 3.06. The zero-order chi connectivity index (χ0) is 19.6. The van der Waals surface area contributed by atoms with E-state index in [9.17, 15) is 9.59 Å². The van der Waals surface area contributed by atoms with Gasteiger partial charge in [0.05, 0.1) is 6.54 Å². The predicted octanol–water partition coefficient (Wildman–Crippen LogP) is 2.58. The van der Waals surface area contributed by atoms with Crippen LogP contribution in [0.3, 0.4) is 0 Å². The first-order chi connectivity index (χ1) is 12.9. The van der Waals surface area contributed by atoms with Crippen molar-refractivity contribution >= 4 is 34.6 Å². The van der Waals surface area contributed by atoms with Gasteiger partial charge in [0.2, 0.25) is 0 Å². The van der Waals surface area contributed by atoms with Gasteiger partial charge >= 0.3 is 11.7 Å². The molecule has 0 aliphatic rings. The lowest BCUT2D eigenvalue weighted by Gasteiger charge is -2.16. The van der Waals surface area contributed by atoms with E-state index in [4.69, 9.17) is 17.3 Å². The number of carbonyl (C=O) groups is 1. The number of amides is 1. The summed E-state index contributed by atoms with van der Waals surface area (Å²) in [7, 11) is 1.66. The van der Waals surface area contributed by atoms with E-state index >= 15 is 0 Å². The van der Waals surface area contributed by atoms with E-state index in [0.29, 0.717) is 17.2 Å². The minimum atomic E-state index is -0.500. The number of anilines is 1. The van der Waals surface area contributed by atoms with Crippen LogP contribution in [0.1, 0.15) is 25.3 Å². The van der Waals surface area contributed by atoms with Gasteiger partial charge < -0.3 is 10.6 Å². The second-order valence-corrected chi connectivity index (χ2v) is 6.76. The van der Waals surface area contributed by atoms with Crippen LogP contribution in [0.4, 0.5) is 10.6 Å². The minimum Gasteiger partial charge on any atom is -0.382 e. The lowest BCUT2D eigenvalue weighted by atomic mass is 10.2. The first kappa shape index (κ1) is 18.9. The molecular formula is C18H21ClN6O2. The maximum atomic E-state index is 13.1. The average Bonchev–Trinajstić information content (AvgIpc) is 2.94. The second-order valence-electron chi connectivity index (χ2n) is 6.32. The monoisotopic (exact) mass is 388 g/mol. The summed E-state index contributed by atoms with van der Waals surface area (Å²) in [5.41, 5.74) is 6.88. The molecule has 0 atom stereocenters. The van der Waals surface area contributed by atoms with Gasteiger partial charge in [-0.3, -0.25) is 4.57 Å². The van der Waals surface area contributed by atoms with Crippen LogP contribution in [0, 0.1) is 0 Å². The van der Waals surface area contributed by atoms with Crippen LogP contribution in [-0.2, 0) is 6.54 Å². The molecule has 0 radical (unpaired) electrons. The summed E-state index contributed by atoms with van der Waals surface area (Å²) in [5.74, 6) is 0.0872. The fourth-order valence-electron chi connectivity index (χ4n) is 2.86. The third-order valence-electron chi connectivity index (χ3n) is 4.35. The number of nitrogen functional groups attached to an aromatic ring is 1. The van der Waals surface area contributed by atoms with Crippen LogP contribution in [0.25, 0.3) is 11.2 Å². The van der Waals surface area contributed by atoms with Crippen LogP contribution >= 0.6 is 11.6 Å². The average molecular weight is 389 g/mol. The molecular weight excluding hydrogens is 368 g/mol. The lowest BCUT2D eigenvalue weighted by molar-refractivity contribution is 0.210. The van der Waals surface area contributed by atoms with Crippen molar-refractivity contribution in [1.82, 2.24) is 24.0 Å². The van der Waals surface area contributed by atoms with Crippen molar-refractivity contribution in [2.24, 2.45) is 0 Å². The maximum absolute atomic E-state index is 13.1. The molecule has 0 saturated heterocycles. The van der Waals surface area contributed by atoms with Crippen LogP contribution in [0.15, 0.2) is 35.4 Å². The number of aromatic nitrogens is 4. The Hall–Kier alpha value is -2.87. The van der Waals surface area contributed by atoms with E-state index in [1.165, 1.54) is 15.8 Å². The molecule has 2 N–H and O–H groups in total. The highest BCUT2D eigenvalue weighted by Gasteiger charge is 2.24. The van der Waals surface area contributed by atoms with Crippen molar-refractivity contribution in [3.8, 4) is 0 Å². The summed E-state index contributed by atoms with van der Waals surface area (Å²) in [6, 6.07) is 6.67. The highest BCUT2D eigenvalue weighted by atomic mass is 35.5. The Labute approximate surface area is 161 Å². The summed E-state index contributed by atoms with van der Waals surface area (Å²) in [6.45, 7) is 2.81. The van der Waals surface area contributed by atoms with Gasteiger partial charge in [0, 0.05) is 18.6 Å². The number of nitrogens with zero attached hydrogens (tertiary/aromatic N) is 5. The van der Waals surface area contributed by atoms with Gasteiger partial charge in [-0.15, -0.1) is 0 Å². The number of rotatable bonds is 5. The van der Waals surface area contributed by atoms with E-state index in [-0.39, 0.29) is 17.9 Å². The van der Waals surface area contributed by atoms with Crippen molar-refractivity contribution in [3.63, 3.8) is 0 Å². The molecule has 0 unspecified atom stereocenters. The fraction of sp³-hybridized carbons (Fsp3) is 0.333. The number of fused-ring (bicyclic) bond motifs is 1. The van der Waals surface area contributed by atoms with Crippen molar-refractivity contribution < 1.29 is 4.79 Å². The summed E-state index contributed by atoms with van der Waals surface area (Å²) >= 11 is 5.92. The standard InChI is InChI=1S/C18H21ClN6O2/c1-3-4-9-23(2)17(26)25-14-15(20)21-11-22-16(14)24(18(25)27)10-12-5-7-13(19)8-6-12/h5-8,11H,3-4,9-10H2,1-2H3,(H2,20,21,22). The molecule has 0 fully saturated rings. The summed E-state index contributed by atoms with van der Waals surface area (Å²) < 4.78 is 2.47. The predicted molar refractivity (Wildman–Crippen MR) is 105 cm³/mol. The number of imidazole rings is 1. The van der Waals surface area contributed by atoms with Gasteiger partial charge in [0.15, 0.2) is 11.5 Å². The Morgan fingerprint density at radius 3 is 2.63 bits per heavy atom. The topological polar surface area (TPSA) is 99.0 Å². The Morgan fingerprint density at radius 1 is 1.26 bits per heavy atom. The smallest absolute Gasteiger partial charge is 0.339 e. The third-order valence-corrected chi connectivity index (χ3v) is 4.60. The van der Waals surface area contributed by atoms with Gasteiger partial charge in [-0.25, -0.2) is 24.1 Å². The van der Waals surface area contributed by atoms with E-state index in [1.807, 2.05) is 19.1 Å². The Kier molecular flexibility index (Phi) is 5.46. The zero-order valence-electron chi connectivity index (χ0n) is 15.2. The molecule has 1 aromatic carbocycles. The Bertz CT molecular complexity index is 1020. The molecule has 3 aromatic rings. The maximum Gasteiger partial charge on any atom is 0.339 e. The fourth-order valence-corrected chi connectivity index (χ4v) is 2.98. The number of unbranched alkanes of at least 4 members (excludes halogenated alkanes) is 1. The number of hydrogen-bond donors (Lipinski definition) is 1. The largest absolute Gasteiger partial charge is 0.382 e. The normalized spacial score (nSPS) is 11.1. The molecule has 27 heavy (non-hydrogen) atoms. The van der Waals surface area contributed by atoms with Gasteiger partial charge in [-0.2, -0.15) is 0 Å². The molecule has 0 aliphatic carbocycles. The number of halogens is 1. The first-order valence-electron chi connectivity index (χ1n) is 8.65. The molecule has 0 aliphatic heterocycles. The van der Waals surface area contributed by atoms with Crippen molar-refractivity contribution in [3.05, 3.63) is 51.7 Å². The van der Waals surface area contributed by atoms with Crippen LogP contribution in [0.2, 0.25) is 5.02 Å². The Balaban J connectivity index is 2.11. The van der Waals surface area contributed by atoms with E-state index in [2.05, 4.69) is 9.97 Å². The van der Waals surface area contributed by atoms with E-state index < -0.39 is 11.7 Å². The molecule has 1 amide bonds. The van der Waals surface area contributed by atoms with Crippen LogP contribution in [0.5, 0.6) is 0 Å². The molecule has 2 heterocycles. The molecule has 8 nitrogen and oxygen atoms in total. The van der Waals surface area contributed by atoms with Crippen molar-refractivity contribution in [2.45, 2.75) is 26.3 Å². The van der Waals surface area contributed by atoms with E-state index in [0.717, 1.165) is 23.0 Å². The van der Waals surface area contributed by atoms with Gasteiger partial charge in [0.25, 0.3) is 0 Å². The number of nitrogens with two attached hydrogens (primary N) is 1. The van der Waals surface area contributed by atoms with Crippen molar-refractivity contribution in [2.75, 3.05) is 19.3 Å². The lowest BCUT2D eigenvalue weighted by Crippen LogP contribution is -2.38. The minimum absolute atomic E-state index is 0.0872. The highest BCUT2D eigenvalue weighted by molar-refractivity contribution is 6.30.